The van der Waals surface area contributed by atoms with Crippen molar-refractivity contribution in [2.75, 3.05) is 6.61 Å². The second-order valence-corrected chi connectivity index (χ2v) is 3.24. The molecule has 13 heavy (non-hydrogen) atoms. The van der Waals surface area contributed by atoms with Gasteiger partial charge in [-0.1, -0.05) is 0 Å². The predicted molar refractivity (Wildman–Crippen MR) is 46.0 cm³/mol. The molecule has 0 saturated carbocycles. The first-order chi connectivity index (χ1) is 6.07. The summed E-state index contributed by atoms with van der Waals surface area (Å²) in [6, 6.07) is -1.03. The molecule has 0 radical (unpaired) electrons. The molecule has 1 rings (SSSR count). The molecule has 5 nitrogen and oxygen atoms in total. The summed E-state index contributed by atoms with van der Waals surface area (Å²) in [7, 11) is 0. The third kappa shape index (κ3) is 1.80. The van der Waals surface area contributed by atoms with Gasteiger partial charge in [-0.25, -0.2) is 4.79 Å². The van der Waals surface area contributed by atoms with Gasteiger partial charge in [0.2, 0.25) is 0 Å². The summed E-state index contributed by atoms with van der Waals surface area (Å²) >= 11 is 0. The molecular weight excluding hydrogens is 172 g/mol. The van der Waals surface area contributed by atoms with Crippen LogP contribution in [0, 0.1) is 0 Å². The van der Waals surface area contributed by atoms with Crippen molar-refractivity contribution in [1.29, 1.82) is 0 Å². The van der Waals surface area contributed by atoms with E-state index in [0.717, 1.165) is 0 Å². The Morgan fingerprint density at radius 3 is 2.62 bits per heavy atom. The van der Waals surface area contributed by atoms with Crippen LogP contribution in [0.5, 0.6) is 0 Å². The minimum Gasteiger partial charge on any atom is -0.396 e. The van der Waals surface area contributed by atoms with E-state index in [9.17, 15) is 9.59 Å². The van der Waals surface area contributed by atoms with Gasteiger partial charge in [0.15, 0.2) is 0 Å². The van der Waals surface area contributed by atoms with Crippen molar-refractivity contribution in [3.8, 4) is 0 Å². The molecule has 3 amide bonds. The third-order valence-electron chi connectivity index (χ3n) is 2.15. The number of carbonyl (C=O) groups is 2. The highest BCUT2D eigenvalue weighted by molar-refractivity contribution is 6.04. The van der Waals surface area contributed by atoms with E-state index < -0.39 is 6.04 Å². The number of hydrogen-bond donors (Lipinski definition) is 2. The van der Waals surface area contributed by atoms with Crippen molar-refractivity contribution < 1.29 is 14.7 Å². The Morgan fingerprint density at radius 1 is 1.62 bits per heavy atom. The Labute approximate surface area is 76.7 Å². The zero-order valence-corrected chi connectivity index (χ0v) is 7.78. The molecule has 1 unspecified atom stereocenters. The first-order valence-corrected chi connectivity index (χ1v) is 4.32. The molecule has 74 valence electrons. The fourth-order valence-corrected chi connectivity index (χ4v) is 1.36. The van der Waals surface area contributed by atoms with Crippen LogP contribution in [0.4, 0.5) is 4.79 Å². The Hall–Kier alpha value is -1.10. The molecule has 1 heterocycles. The van der Waals surface area contributed by atoms with Crippen LogP contribution < -0.4 is 5.32 Å². The molecule has 0 aromatic carbocycles. The van der Waals surface area contributed by atoms with Gasteiger partial charge < -0.3 is 10.4 Å². The maximum absolute atomic E-state index is 11.4. The fraction of sp³-hybridized carbons (Fsp3) is 0.750. The maximum atomic E-state index is 11.4. The van der Waals surface area contributed by atoms with Crippen LogP contribution in [-0.2, 0) is 4.79 Å². The minimum absolute atomic E-state index is 0.0212. The van der Waals surface area contributed by atoms with Crippen molar-refractivity contribution in [2.24, 2.45) is 0 Å². The summed E-state index contributed by atoms with van der Waals surface area (Å²) in [5.74, 6) is -0.217. The van der Waals surface area contributed by atoms with Crippen LogP contribution in [0.25, 0.3) is 0 Å². The van der Waals surface area contributed by atoms with Gasteiger partial charge in [-0.3, -0.25) is 9.69 Å². The highest BCUT2D eigenvalue weighted by Gasteiger charge is 2.37. The van der Waals surface area contributed by atoms with Gasteiger partial charge >= 0.3 is 6.03 Å². The second-order valence-electron chi connectivity index (χ2n) is 3.24. The monoisotopic (exact) mass is 186 g/mol. The average molecular weight is 186 g/mol. The summed E-state index contributed by atoms with van der Waals surface area (Å²) < 4.78 is 0. The van der Waals surface area contributed by atoms with Crippen molar-refractivity contribution in [3.05, 3.63) is 0 Å². The lowest BCUT2D eigenvalue weighted by atomic mass is 10.2. The number of nitrogens with one attached hydrogen (secondary N) is 1. The fourth-order valence-electron chi connectivity index (χ4n) is 1.36. The lowest BCUT2D eigenvalue weighted by Crippen LogP contribution is -2.39. The van der Waals surface area contributed by atoms with Gasteiger partial charge in [-0.05, 0) is 20.3 Å². The number of urea groups is 1. The SMILES string of the molecule is CC(CCO)N1C(=O)N[C@@H](C)C1=O. The second kappa shape index (κ2) is 3.74. The zero-order chi connectivity index (χ0) is 10.0. The van der Waals surface area contributed by atoms with Gasteiger partial charge in [-0.2, -0.15) is 0 Å². The van der Waals surface area contributed by atoms with Crippen LogP contribution in [0.15, 0.2) is 0 Å². The van der Waals surface area contributed by atoms with E-state index in [1.54, 1.807) is 13.8 Å². The highest BCUT2D eigenvalue weighted by Crippen LogP contribution is 2.12. The first-order valence-electron chi connectivity index (χ1n) is 4.32. The number of amides is 3. The summed E-state index contributed by atoms with van der Waals surface area (Å²) in [5, 5.41) is 11.2. The quantitative estimate of drug-likeness (QED) is 0.594. The van der Waals surface area contributed by atoms with E-state index in [0.29, 0.717) is 6.42 Å². The van der Waals surface area contributed by atoms with Gasteiger partial charge in [0.05, 0.1) is 0 Å². The molecule has 0 bridgehead atoms. The minimum atomic E-state index is -0.436. The summed E-state index contributed by atoms with van der Waals surface area (Å²) in [4.78, 5) is 23.8. The Balaban J connectivity index is 2.68. The van der Waals surface area contributed by atoms with E-state index in [1.165, 1.54) is 4.90 Å². The number of imide groups is 1. The normalized spacial score (nSPS) is 24.8. The summed E-state index contributed by atoms with van der Waals surface area (Å²) in [6.07, 6.45) is 0.423. The smallest absolute Gasteiger partial charge is 0.325 e. The number of hydrogen-bond acceptors (Lipinski definition) is 3. The molecule has 1 fully saturated rings. The summed E-state index contributed by atoms with van der Waals surface area (Å²) in [5.41, 5.74) is 0. The van der Waals surface area contributed by atoms with Crippen LogP contribution >= 0.6 is 0 Å². The van der Waals surface area contributed by atoms with Gasteiger partial charge in [0, 0.05) is 12.6 Å². The van der Waals surface area contributed by atoms with E-state index in [1.807, 2.05) is 0 Å². The number of aliphatic hydroxyl groups is 1. The molecule has 2 N–H and O–H groups in total. The third-order valence-corrected chi connectivity index (χ3v) is 2.15. The zero-order valence-electron chi connectivity index (χ0n) is 7.78. The summed E-state index contributed by atoms with van der Waals surface area (Å²) in [6.45, 7) is 3.37. The van der Waals surface area contributed by atoms with Crippen molar-refractivity contribution >= 4 is 11.9 Å². The average Bonchev–Trinajstić information content (AvgIpc) is 2.27. The molecule has 0 aromatic heterocycles. The van der Waals surface area contributed by atoms with Crippen LogP contribution in [0.2, 0.25) is 0 Å². The molecule has 5 heteroatoms. The lowest BCUT2D eigenvalue weighted by Gasteiger charge is -2.20. The van der Waals surface area contributed by atoms with Crippen LogP contribution in [0.1, 0.15) is 20.3 Å². The number of carbonyl (C=O) groups excluding carboxylic acids is 2. The molecule has 0 aromatic rings. The van der Waals surface area contributed by atoms with E-state index in [2.05, 4.69) is 5.32 Å². The predicted octanol–water partition coefficient (Wildman–Crippen LogP) is -0.302. The standard InChI is InChI=1S/C8H14N2O3/c1-5(3-4-11)10-7(12)6(2)9-8(10)13/h5-6,11H,3-4H2,1-2H3,(H,9,13)/t5?,6-/m0/s1. The lowest BCUT2D eigenvalue weighted by molar-refractivity contribution is -0.128. The Bertz CT molecular complexity index is 229. The first kappa shape index (κ1) is 9.98. The van der Waals surface area contributed by atoms with Crippen molar-refractivity contribution in [3.63, 3.8) is 0 Å². The van der Waals surface area contributed by atoms with E-state index in [-0.39, 0.29) is 24.6 Å². The number of rotatable bonds is 3. The molecule has 0 aliphatic carbocycles. The molecular formula is C8H14N2O3. The molecule has 1 saturated heterocycles. The van der Waals surface area contributed by atoms with Gasteiger partial charge in [0.25, 0.3) is 5.91 Å². The van der Waals surface area contributed by atoms with Crippen molar-refractivity contribution in [2.45, 2.75) is 32.4 Å². The van der Waals surface area contributed by atoms with Crippen LogP contribution in [0.3, 0.4) is 0 Å². The maximum Gasteiger partial charge on any atom is 0.325 e. The van der Waals surface area contributed by atoms with E-state index >= 15 is 0 Å². The molecule has 0 spiro atoms. The number of aliphatic hydroxyl groups excluding tert-OH is 1. The van der Waals surface area contributed by atoms with Gasteiger partial charge in [-0.15, -0.1) is 0 Å². The number of nitrogens with zero attached hydrogens (tertiary/aromatic N) is 1. The Morgan fingerprint density at radius 2 is 2.23 bits per heavy atom. The topological polar surface area (TPSA) is 69.6 Å². The Kier molecular flexibility index (Phi) is 2.87. The van der Waals surface area contributed by atoms with Crippen LogP contribution in [-0.4, -0.2) is 40.6 Å². The van der Waals surface area contributed by atoms with Gasteiger partial charge in [0.1, 0.15) is 6.04 Å². The molecule has 2 atom stereocenters. The largest absolute Gasteiger partial charge is 0.396 e. The molecule has 1 aliphatic rings. The van der Waals surface area contributed by atoms with E-state index in [4.69, 9.17) is 5.11 Å². The highest BCUT2D eigenvalue weighted by atomic mass is 16.3. The molecule has 1 aliphatic heterocycles. The van der Waals surface area contributed by atoms with Crippen molar-refractivity contribution in [1.82, 2.24) is 10.2 Å².